The summed E-state index contributed by atoms with van der Waals surface area (Å²) in [5.41, 5.74) is 1.06. The van der Waals surface area contributed by atoms with Crippen LogP contribution in [0.15, 0.2) is 48.5 Å². The van der Waals surface area contributed by atoms with Crippen LogP contribution in [0, 0.1) is 0 Å². The Balaban J connectivity index is 2.11. The van der Waals surface area contributed by atoms with Gasteiger partial charge in [0.25, 0.3) is 5.24 Å². The molecule has 3 nitrogen and oxygen atoms in total. The Bertz CT molecular complexity index is 552. The Labute approximate surface area is 110 Å². The Morgan fingerprint density at radius 2 is 1.89 bits per heavy atom. The number of benzene rings is 2. The van der Waals surface area contributed by atoms with Gasteiger partial charge in [0.2, 0.25) is 0 Å². The number of halogens is 1. The summed E-state index contributed by atoms with van der Waals surface area (Å²) in [6, 6.07) is 14.0. The van der Waals surface area contributed by atoms with E-state index in [2.05, 4.69) is 0 Å². The first kappa shape index (κ1) is 12.5. The smallest absolute Gasteiger partial charge is 0.256 e. The molecule has 0 saturated carbocycles. The molecular formula is C14H11ClO3. The van der Waals surface area contributed by atoms with Gasteiger partial charge in [0.15, 0.2) is 0 Å². The highest BCUT2D eigenvalue weighted by Gasteiger charge is 2.09. The van der Waals surface area contributed by atoms with Gasteiger partial charge in [0.1, 0.15) is 18.1 Å². The van der Waals surface area contributed by atoms with Crippen LogP contribution in [0.2, 0.25) is 0 Å². The Morgan fingerprint density at radius 1 is 1.17 bits per heavy atom. The molecule has 0 atom stereocenters. The van der Waals surface area contributed by atoms with E-state index in [1.54, 1.807) is 6.07 Å². The summed E-state index contributed by atoms with van der Waals surface area (Å²) < 4.78 is 5.52. The van der Waals surface area contributed by atoms with E-state index in [4.69, 9.17) is 16.3 Å². The second-order valence-electron chi connectivity index (χ2n) is 3.73. The number of aromatic hydroxyl groups is 1. The van der Waals surface area contributed by atoms with Gasteiger partial charge in [-0.2, -0.15) is 0 Å². The molecule has 18 heavy (non-hydrogen) atoms. The van der Waals surface area contributed by atoms with E-state index in [0.717, 1.165) is 5.56 Å². The molecule has 0 fully saturated rings. The predicted octanol–water partition coefficient (Wildman–Crippen LogP) is 3.35. The number of phenols is 1. The lowest BCUT2D eigenvalue weighted by Gasteiger charge is -2.07. The van der Waals surface area contributed by atoms with Crippen LogP contribution in [0.1, 0.15) is 15.9 Å². The number of ether oxygens (including phenoxy) is 1. The summed E-state index contributed by atoms with van der Waals surface area (Å²) in [5, 5.41) is 8.72. The maximum atomic E-state index is 11.0. The molecule has 0 amide bonds. The van der Waals surface area contributed by atoms with Crippen LogP contribution in [-0.4, -0.2) is 10.3 Å². The minimum Gasteiger partial charge on any atom is -0.507 e. The number of carbonyl (C=O) groups excluding carboxylic acids is 1. The topological polar surface area (TPSA) is 46.5 Å². The quantitative estimate of drug-likeness (QED) is 0.860. The van der Waals surface area contributed by atoms with Crippen LogP contribution >= 0.6 is 11.6 Å². The molecule has 0 unspecified atom stereocenters. The van der Waals surface area contributed by atoms with Gasteiger partial charge in [-0.25, -0.2) is 0 Å². The van der Waals surface area contributed by atoms with Crippen molar-refractivity contribution in [3.05, 3.63) is 59.7 Å². The van der Waals surface area contributed by atoms with Gasteiger partial charge < -0.3 is 9.84 Å². The molecule has 0 aliphatic heterocycles. The monoisotopic (exact) mass is 262 g/mol. The number of hydrogen-bond acceptors (Lipinski definition) is 3. The molecule has 0 aromatic heterocycles. The number of carbonyl (C=O) groups is 1. The third-order valence-corrected chi connectivity index (χ3v) is 2.63. The van der Waals surface area contributed by atoms with Gasteiger partial charge in [0.05, 0.1) is 5.56 Å². The van der Waals surface area contributed by atoms with Crippen molar-refractivity contribution in [3.8, 4) is 11.5 Å². The van der Waals surface area contributed by atoms with Gasteiger partial charge in [-0.3, -0.25) is 4.79 Å². The molecule has 2 rings (SSSR count). The molecule has 0 saturated heterocycles. The molecule has 0 spiro atoms. The highest BCUT2D eigenvalue weighted by molar-refractivity contribution is 6.68. The Kier molecular flexibility index (Phi) is 3.85. The first-order chi connectivity index (χ1) is 8.66. The summed E-state index contributed by atoms with van der Waals surface area (Å²) >= 11 is 5.34. The lowest BCUT2D eigenvalue weighted by Crippen LogP contribution is -1.97. The number of rotatable bonds is 4. The van der Waals surface area contributed by atoms with Gasteiger partial charge >= 0.3 is 0 Å². The van der Waals surface area contributed by atoms with Gasteiger partial charge in [0, 0.05) is 0 Å². The molecule has 0 aliphatic rings. The van der Waals surface area contributed by atoms with Crippen LogP contribution < -0.4 is 4.74 Å². The molecule has 0 bridgehead atoms. The third-order valence-electron chi connectivity index (χ3n) is 2.43. The summed E-state index contributed by atoms with van der Waals surface area (Å²) in [6.45, 7) is 0.390. The highest BCUT2D eigenvalue weighted by atomic mass is 35.5. The molecule has 1 N–H and O–H groups in total. The maximum Gasteiger partial charge on any atom is 0.256 e. The van der Waals surface area contributed by atoms with Crippen molar-refractivity contribution in [1.29, 1.82) is 0 Å². The third kappa shape index (κ3) is 3.02. The SMILES string of the molecule is O=C(Cl)c1cc(OCc2ccccc2)ccc1O. The number of phenolic OH excluding ortho intramolecular Hbond substituents is 1. The fraction of sp³-hybridized carbons (Fsp3) is 0.0714. The maximum absolute atomic E-state index is 11.0. The normalized spacial score (nSPS) is 10.1. The molecule has 2 aromatic carbocycles. The van der Waals surface area contributed by atoms with Crippen LogP contribution in [0.5, 0.6) is 11.5 Å². The highest BCUT2D eigenvalue weighted by Crippen LogP contribution is 2.25. The van der Waals surface area contributed by atoms with E-state index in [1.807, 2.05) is 30.3 Å². The van der Waals surface area contributed by atoms with Crippen molar-refractivity contribution in [1.82, 2.24) is 0 Å². The zero-order valence-corrected chi connectivity index (χ0v) is 10.2. The lowest BCUT2D eigenvalue weighted by molar-refractivity contribution is 0.107. The molecular weight excluding hydrogens is 252 g/mol. The van der Waals surface area contributed by atoms with E-state index in [1.165, 1.54) is 12.1 Å². The van der Waals surface area contributed by atoms with Crippen molar-refractivity contribution in [2.24, 2.45) is 0 Å². The second-order valence-corrected chi connectivity index (χ2v) is 4.07. The molecule has 0 aliphatic carbocycles. The predicted molar refractivity (Wildman–Crippen MR) is 69.1 cm³/mol. The summed E-state index contributed by atoms with van der Waals surface area (Å²) in [7, 11) is 0. The standard InChI is InChI=1S/C14H11ClO3/c15-14(17)12-8-11(6-7-13(12)16)18-9-10-4-2-1-3-5-10/h1-8,16H,9H2. The lowest BCUT2D eigenvalue weighted by atomic mass is 10.2. The first-order valence-electron chi connectivity index (χ1n) is 5.36. The Morgan fingerprint density at radius 3 is 2.56 bits per heavy atom. The van der Waals surface area contributed by atoms with E-state index in [-0.39, 0.29) is 11.3 Å². The van der Waals surface area contributed by atoms with Crippen molar-refractivity contribution < 1.29 is 14.6 Å². The average molecular weight is 263 g/mol. The molecule has 4 heteroatoms. The van der Waals surface area contributed by atoms with Crippen LogP contribution in [-0.2, 0) is 6.61 Å². The second kappa shape index (κ2) is 5.56. The zero-order chi connectivity index (χ0) is 13.0. The summed E-state index contributed by atoms with van der Waals surface area (Å²) in [5.74, 6) is 0.336. The van der Waals surface area contributed by atoms with E-state index in [9.17, 15) is 9.90 Å². The van der Waals surface area contributed by atoms with E-state index >= 15 is 0 Å². The minimum atomic E-state index is -0.710. The molecule has 92 valence electrons. The van der Waals surface area contributed by atoms with Crippen LogP contribution in [0.4, 0.5) is 0 Å². The van der Waals surface area contributed by atoms with Crippen LogP contribution in [0.25, 0.3) is 0 Å². The zero-order valence-electron chi connectivity index (χ0n) is 9.47. The Hall–Kier alpha value is -2.00. The average Bonchev–Trinajstić information content (AvgIpc) is 2.38. The van der Waals surface area contributed by atoms with Crippen molar-refractivity contribution in [2.45, 2.75) is 6.61 Å². The van der Waals surface area contributed by atoms with Crippen LogP contribution in [0.3, 0.4) is 0 Å². The molecule has 0 heterocycles. The van der Waals surface area contributed by atoms with Crippen molar-refractivity contribution in [2.75, 3.05) is 0 Å². The molecule has 0 radical (unpaired) electrons. The van der Waals surface area contributed by atoms with Crippen molar-refractivity contribution >= 4 is 16.8 Å². The van der Waals surface area contributed by atoms with E-state index in [0.29, 0.717) is 12.4 Å². The summed E-state index contributed by atoms with van der Waals surface area (Å²) in [6.07, 6.45) is 0. The van der Waals surface area contributed by atoms with Gasteiger partial charge in [-0.15, -0.1) is 0 Å². The fourth-order valence-corrected chi connectivity index (χ4v) is 1.65. The largest absolute Gasteiger partial charge is 0.507 e. The minimum absolute atomic E-state index is 0.0437. The van der Waals surface area contributed by atoms with Gasteiger partial charge in [-0.1, -0.05) is 30.3 Å². The number of hydrogen-bond donors (Lipinski definition) is 1. The molecule has 2 aromatic rings. The first-order valence-corrected chi connectivity index (χ1v) is 5.74. The van der Waals surface area contributed by atoms with E-state index < -0.39 is 5.24 Å². The van der Waals surface area contributed by atoms with Crippen molar-refractivity contribution in [3.63, 3.8) is 0 Å². The van der Waals surface area contributed by atoms with Gasteiger partial charge in [-0.05, 0) is 35.4 Å². The fourth-order valence-electron chi connectivity index (χ4n) is 1.50. The summed E-state index contributed by atoms with van der Waals surface area (Å²) in [4.78, 5) is 11.0.